The molecule has 2 aromatic carbocycles. The summed E-state index contributed by atoms with van der Waals surface area (Å²) in [6.07, 6.45) is 2.14. The maximum atomic E-state index is 12.6. The predicted octanol–water partition coefficient (Wildman–Crippen LogP) is 3.19. The van der Waals surface area contributed by atoms with Crippen LogP contribution in [0.4, 0.5) is 0 Å². The van der Waals surface area contributed by atoms with E-state index in [-0.39, 0.29) is 23.9 Å². The fourth-order valence-electron chi connectivity index (χ4n) is 2.90. The van der Waals surface area contributed by atoms with E-state index in [1.54, 1.807) is 24.3 Å². The second-order valence-electron chi connectivity index (χ2n) is 5.91. The maximum absolute atomic E-state index is 12.6. The summed E-state index contributed by atoms with van der Waals surface area (Å²) >= 11 is 0. The molecule has 0 bridgehead atoms. The van der Waals surface area contributed by atoms with Crippen molar-refractivity contribution in [3.05, 3.63) is 71.3 Å². The third-order valence-electron chi connectivity index (χ3n) is 4.24. The van der Waals surface area contributed by atoms with Gasteiger partial charge in [0.05, 0.1) is 11.5 Å². The van der Waals surface area contributed by atoms with Crippen LogP contribution >= 0.6 is 0 Å². The van der Waals surface area contributed by atoms with Crippen molar-refractivity contribution in [3.63, 3.8) is 0 Å². The maximum Gasteiger partial charge on any atom is 0.336 e. The molecule has 2 aromatic rings. The number of carboxylic acids is 1. The summed E-state index contributed by atoms with van der Waals surface area (Å²) < 4.78 is 0. The van der Waals surface area contributed by atoms with Gasteiger partial charge in [-0.05, 0) is 36.0 Å². The average Bonchev–Trinajstić information content (AvgIpc) is 3.39. The van der Waals surface area contributed by atoms with Gasteiger partial charge in [-0.25, -0.2) is 4.79 Å². The molecular formula is C19H19NO3. The monoisotopic (exact) mass is 309 g/mol. The normalized spacial score (nSPS) is 15.0. The fourth-order valence-corrected chi connectivity index (χ4v) is 2.90. The van der Waals surface area contributed by atoms with Crippen LogP contribution in [0.15, 0.2) is 54.6 Å². The zero-order valence-corrected chi connectivity index (χ0v) is 12.7. The van der Waals surface area contributed by atoms with E-state index in [0.29, 0.717) is 11.5 Å². The highest BCUT2D eigenvalue weighted by Gasteiger charge is 2.37. The Hall–Kier alpha value is -2.62. The second-order valence-corrected chi connectivity index (χ2v) is 5.91. The first-order valence-corrected chi connectivity index (χ1v) is 7.80. The van der Waals surface area contributed by atoms with E-state index in [2.05, 4.69) is 5.32 Å². The molecule has 1 saturated carbocycles. The van der Waals surface area contributed by atoms with Crippen LogP contribution in [0.2, 0.25) is 0 Å². The molecule has 1 aliphatic rings. The highest BCUT2D eigenvalue weighted by molar-refractivity contribution is 5.90. The summed E-state index contributed by atoms with van der Waals surface area (Å²) in [5, 5.41) is 12.1. The first-order valence-electron chi connectivity index (χ1n) is 7.80. The van der Waals surface area contributed by atoms with Crippen molar-refractivity contribution in [2.45, 2.75) is 25.3 Å². The van der Waals surface area contributed by atoms with Crippen molar-refractivity contribution in [2.75, 3.05) is 0 Å². The van der Waals surface area contributed by atoms with Crippen LogP contribution in [-0.4, -0.2) is 17.0 Å². The van der Waals surface area contributed by atoms with E-state index in [4.69, 9.17) is 0 Å². The Kier molecular flexibility index (Phi) is 4.42. The van der Waals surface area contributed by atoms with Crippen LogP contribution in [-0.2, 0) is 11.3 Å². The number of benzene rings is 2. The minimum absolute atomic E-state index is 0.0288. The van der Waals surface area contributed by atoms with Crippen molar-refractivity contribution < 1.29 is 14.7 Å². The molecular weight excluding hydrogens is 290 g/mol. The number of aromatic carboxylic acids is 1. The Morgan fingerprint density at radius 1 is 1.04 bits per heavy atom. The molecule has 0 radical (unpaired) electrons. The number of amides is 1. The van der Waals surface area contributed by atoms with Gasteiger partial charge in [0.2, 0.25) is 5.91 Å². The van der Waals surface area contributed by atoms with Gasteiger partial charge < -0.3 is 10.4 Å². The Balaban J connectivity index is 1.72. The van der Waals surface area contributed by atoms with E-state index in [9.17, 15) is 14.7 Å². The minimum Gasteiger partial charge on any atom is -0.478 e. The largest absolute Gasteiger partial charge is 0.478 e. The van der Waals surface area contributed by atoms with Gasteiger partial charge in [0.25, 0.3) is 0 Å². The molecule has 4 heteroatoms. The number of nitrogens with one attached hydrogen (secondary N) is 1. The van der Waals surface area contributed by atoms with Gasteiger partial charge in [0, 0.05) is 6.54 Å². The first-order chi connectivity index (χ1) is 11.2. The van der Waals surface area contributed by atoms with E-state index >= 15 is 0 Å². The lowest BCUT2D eigenvalue weighted by Gasteiger charge is -2.17. The number of carbonyl (C=O) groups is 2. The predicted molar refractivity (Wildman–Crippen MR) is 87.2 cm³/mol. The van der Waals surface area contributed by atoms with E-state index in [1.165, 1.54) is 0 Å². The summed E-state index contributed by atoms with van der Waals surface area (Å²) in [5.74, 6) is -0.754. The number of rotatable bonds is 6. The molecule has 3 rings (SSSR count). The summed E-state index contributed by atoms with van der Waals surface area (Å²) in [7, 11) is 0. The van der Waals surface area contributed by atoms with Crippen LogP contribution < -0.4 is 5.32 Å². The van der Waals surface area contributed by atoms with Crippen LogP contribution in [0.25, 0.3) is 0 Å². The molecule has 2 N–H and O–H groups in total. The SMILES string of the molecule is O=C(O)c1ccccc1CNC(=O)C(c1ccccc1)C1CC1. The zero-order chi connectivity index (χ0) is 16.2. The molecule has 0 aromatic heterocycles. The van der Waals surface area contributed by atoms with Gasteiger partial charge in [0.15, 0.2) is 0 Å². The molecule has 0 aliphatic heterocycles. The van der Waals surface area contributed by atoms with Crippen molar-refractivity contribution >= 4 is 11.9 Å². The summed E-state index contributed by atoms with van der Waals surface area (Å²) in [5.41, 5.74) is 1.88. The Morgan fingerprint density at radius 2 is 1.70 bits per heavy atom. The zero-order valence-electron chi connectivity index (χ0n) is 12.7. The summed E-state index contributed by atoms with van der Waals surface area (Å²) in [6.45, 7) is 0.233. The molecule has 1 aliphatic carbocycles. The third-order valence-corrected chi connectivity index (χ3v) is 4.24. The molecule has 4 nitrogen and oxygen atoms in total. The Morgan fingerprint density at radius 3 is 2.35 bits per heavy atom. The lowest BCUT2D eigenvalue weighted by Crippen LogP contribution is -2.30. The smallest absolute Gasteiger partial charge is 0.336 e. The molecule has 23 heavy (non-hydrogen) atoms. The molecule has 0 spiro atoms. The molecule has 1 amide bonds. The highest BCUT2D eigenvalue weighted by Crippen LogP contribution is 2.42. The summed E-state index contributed by atoms with van der Waals surface area (Å²) in [6, 6.07) is 16.5. The van der Waals surface area contributed by atoms with Crippen molar-refractivity contribution in [2.24, 2.45) is 5.92 Å². The quantitative estimate of drug-likeness (QED) is 0.861. The number of carboxylic acid groups (broad SMARTS) is 1. The molecule has 0 saturated heterocycles. The summed E-state index contributed by atoms with van der Waals surface area (Å²) in [4.78, 5) is 23.8. The topological polar surface area (TPSA) is 66.4 Å². The van der Waals surface area contributed by atoms with Gasteiger partial charge in [-0.3, -0.25) is 4.79 Å². The van der Waals surface area contributed by atoms with Crippen molar-refractivity contribution in [1.29, 1.82) is 0 Å². The van der Waals surface area contributed by atoms with Crippen LogP contribution in [0, 0.1) is 5.92 Å². The molecule has 0 heterocycles. The van der Waals surface area contributed by atoms with Crippen molar-refractivity contribution in [3.8, 4) is 0 Å². The van der Waals surface area contributed by atoms with Gasteiger partial charge in [-0.1, -0.05) is 48.5 Å². The highest BCUT2D eigenvalue weighted by atomic mass is 16.4. The Labute approximate surface area is 135 Å². The first kappa shape index (κ1) is 15.3. The van der Waals surface area contributed by atoms with Crippen molar-refractivity contribution in [1.82, 2.24) is 5.32 Å². The number of hydrogen-bond acceptors (Lipinski definition) is 2. The molecule has 1 atom stereocenters. The van der Waals surface area contributed by atoms with Crippen LogP contribution in [0.1, 0.15) is 40.2 Å². The minimum atomic E-state index is -0.975. The van der Waals surface area contributed by atoms with Gasteiger partial charge in [-0.15, -0.1) is 0 Å². The van der Waals surface area contributed by atoms with Gasteiger partial charge in [0.1, 0.15) is 0 Å². The number of carbonyl (C=O) groups excluding carboxylic acids is 1. The second kappa shape index (κ2) is 6.65. The molecule has 118 valence electrons. The van der Waals surface area contributed by atoms with Crippen LogP contribution in [0.3, 0.4) is 0 Å². The number of hydrogen-bond donors (Lipinski definition) is 2. The van der Waals surface area contributed by atoms with Gasteiger partial charge >= 0.3 is 5.97 Å². The van der Waals surface area contributed by atoms with Crippen LogP contribution in [0.5, 0.6) is 0 Å². The van der Waals surface area contributed by atoms with E-state index in [1.807, 2.05) is 30.3 Å². The Bertz CT molecular complexity index is 708. The average molecular weight is 309 g/mol. The third kappa shape index (κ3) is 3.59. The van der Waals surface area contributed by atoms with E-state index < -0.39 is 5.97 Å². The van der Waals surface area contributed by atoms with E-state index in [0.717, 1.165) is 18.4 Å². The molecule has 1 fully saturated rings. The molecule has 1 unspecified atom stereocenters. The lowest BCUT2D eigenvalue weighted by molar-refractivity contribution is -0.123. The standard InChI is InChI=1S/C19H19NO3/c21-18(17(14-10-11-14)13-6-2-1-3-7-13)20-12-15-8-4-5-9-16(15)19(22)23/h1-9,14,17H,10-12H2,(H,20,21)(H,22,23). The van der Waals surface area contributed by atoms with Gasteiger partial charge in [-0.2, -0.15) is 0 Å². The fraction of sp³-hybridized carbons (Fsp3) is 0.263. The lowest BCUT2D eigenvalue weighted by atomic mass is 9.93.